The van der Waals surface area contributed by atoms with E-state index < -0.39 is 5.97 Å². The van der Waals surface area contributed by atoms with Crippen molar-refractivity contribution in [3.05, 3.63) is 28.3 Å². The van der Waals surface area contributed by atoms with E-state index in [1.165, 1.54) is 16.7 Å². The van der Waals surface area contributed by atoms with Gasteiger partial charge in [-0.2, -0.15) is 0 Å². The molecule has 6 nitrogen and oxygen atoms in total. The van der Waals surface area contributed by atoms with Crippen LogP contribution in [0.4, 0.5) is 4.79 Å². The van der Waals surface area contributed by atoms with Gasteiger partial charge in [0.25, 0.3) is 5.24 Å². The number of ether oxygens (including phenoxy) is 3. The minimum absolute atomic E-state index is 0.0292. The number of fused-ring (bicyclic) bond motifs is 1. The lowest BCUT2D eigenvalue weighted by Crippen LogP contribution is -2.30. The largest absolute Gasteiger partial charge is 0.467 e. The molecule has 0 radical (unpaired) electrons. The second kappa shape index (κ2) is 6.76. The molecule has 1 amide bonds. The molecule has 0 N–H and O–H groups in total. The molecule has 22 heavy (non-hydrogen) atoms. The summed E-state index contributed by atoms with van der Waals surface area (Å²) in [6.07, 6.45) is 0. The number of hydrogen-bond donors (Lipinski definition) is 0. The molecule has 2 aliphatic heterocycles. The molecular formula is C14H14ClNO5S. The molecule has 2 heterocycles. The van der Waals surface area contributed by atoms with Crippen molar-refractivity contribution < 1.29 is 23.8 Å². The van der Waals surface area contributed by atoms with Gasteiger partial charge in [-0.15, -0.1) is 0 Å². The molecule has 0 aromatic heterocycles. The van der Waals surface area contributed by atoms with Gasteiger partial charge in [0.15, 0.2) is 6.79 Å². The molecule has 1 aromatic rings. The summed E-state index contributed by atoms with van der Waals surface area (Å²) in [7, 11) is 0. The normalized spacial score (nSPS) is 17.1. The first-order valence-corrected chi connectivity index (χ1v) is 8.09. The number of esters is 1. The third kappa shape index (κ3) is 3.48. The Bertz CT molecular complexity index is 609. The van der Waals surface area contributed by atoms with E-state index in [-0.39, 0.29) is 25.2 Å². The minimum Gasteiger partial charge on any atom is -0.467 e. The van der Waals surface area contributed by atoms with Crippen molar-refractivity contribution in [1.82, 2.24) is 4.90 Å². The Kier molecular flexibility index (Phi) is 4.75. The molecule has 0 saturated carbocycles. The molecule has 8 heteroatoms. The summed E-state index contributed by atoms with van der Waals surface area (Å²) in [5.41, 5.74) is 1.53. The van der Waals surface area contributed by atoms with Crippen molar-refractivity contribution in [1.29, 1.82) is 0 Å². The summed E-state index contributed by atoms with van der Waals surface area (Å²) in [6, 6.07) is 3.47. The van der Waals surface area contributed by atoms with E-state index in [0.29, 0.717) is 35.2 Å². The molecular weight excluding hydrogens is 330 g/mol. The van der Waals surface area contributed by atoms with Gasteiger partial charge in [0, 0.05) is 28.4 Å². The zero-order valence-corrected chi connectivity index (χ0v) is 13.2. The number of halogens is 1. The molecule has 0 bridgehead atoms. The van der Waals surface area contributed by atoms with Crippen LogP contribution in [0.5, 0.6) is 5.75 Å². The average molecular weight is 344 g/mol. The van der Waals surface area contributed by atoms with Gasteiger partial charge in [0.1, 0.15) is 18.9 Å². The van der Waals surface area contributed by atoms with Crippen molar-refractivity contribution >= 4 is 34.6 Å². The Morgan fingerprint density at radius 3 is 3.09 bits per heavy atom. The first kappa shape index (κ1) is 15.5. The predicted molar refractivity (Wildman–Crippen MR) is 81.0 cm³/mol. The number of nitrogens with zero attached hydrogens (tertiary/aromatic N) is 1. The first-order valence-electron chi connectivity index (χ1n) is 6.72. The first-order chi connectivity index (χ1) is 10.6. The predicted octanol–water partition coefficient (Wildman–Crippen LogP) is 2.42. The summed E-state index contributed by atoms with van der Waals surface area (Å²) < 4.78 is 15.9. The van der Waals surface area contributed by atoms with E-state index in [1.807, 2.05) is 0 Å². The number of amides is 1. The lowest BCUT2D eigenvalue weighted by atomic mass is 10.1. The maximum Gasteiger partial charge on any atom is 0.326 e. The van der Waals surface area contributed by atoms with Crippen molar-refractivity contribution in [3.63, 3.8) is 0 Å². The number of benzene rings is 1. The van der Waals surface area contributed by atoms with Crippen LogP contribution in [0.25, 0.3) is 0 Å². The fourth-order valence-electron chi connectivity index (χ4n) is 2.29. The van der Waals surface area contributed by atoms with E-state index in [9.17, 15) is 9.59 Å². The van der Waals surface area contributed by atoms with Crippen LogP contribution in [0.3, 0.4) is 0 Å². The smallest absolute Gasteiger partial charge is 0.326 e. The molecule has 118 valence electrons. The number of carbonyl (C=O) groups is 2. The highest BCUT2D eigenvalue weighted by molar-refractivity contribution is 8.13. The minimum atomic E-state index is -0.448. The molecule has 1 aromatic carbocycles. The maximum absolute atomic E-state index is 11.8. The summed E-state index contributed by atoms with van der Waals surface area (Å²) in [6.45, 7) is 1.17. The fourth-order valence-corrected chi connectivity index (χ4v) is 3.38. The van der Waals surface area contributed by atoms with Crippen molar-refractivity contribution in [2.45, 2.75) is 13.2 Å². The van der Waals surface area contributed by atoms with Gasteiger partial charge in [-0.05, 0) is 12.1 Å². The molecule has 3 rings (SSSR count). The molecule has 1 saturated heterocycles. The maximum atomic E-state index is 11.8. The van der Waals surface area contributed by atoms with E-state index in [1.54, 1.807) is 12.1 Å². The van der Waals surface area contributed by atoms with Crippen LogP contribution in [-0.4, -0.2) is 41.7 Å². The van der Waals surface area contributed by atoms with Crippen LogP contribution in [0, 0.1) is 0 Å². The summed E-state index contributed by atoms with van der Waals surface area (Å²) >= 11 is 7.26. The van der Waals surface area contributed by atoms with Gasteiger partial charge in [-0.1, -0.05) is 23.4 Å². The topological polar surface area (TPSA) is 65.1 Å². The Balaban J connectivity index is 1.62. The van der Waals surface area contributed by atoms with Gasteiger partial charge in [0.2, 0.25) is 0 Å². The molecule has 0 aliphatic carbocycles. The van der Waals surface area contributed by atoms with E-state index in [0.717, 1.165) is 5.56 Å². The Labute approximate surface area is 136 Å². The molecule has 2 aliphatic rings. The van der Waals surface area contributed by atoms with Crippen LogP contribution in [0.2, 0.25) is 5.02 Å². The summed E-state index contributed by atoms with van der Waals surface area (Å²) in [5, 5.41) is 0.447. The van der Waals surface area contributed by atoms with Crippen LogP contribution in [0.15, 0.2) is 12.1 Å². The third-order valence-corrected chi connectivity index (χ3v) is 4.42. The average Bonchev–Trinajstić information content (AvgIpc) is 2.90. The summed E-state index contributed by atoms with van der Waals surface area (Å²) in [5.74, 6) is 0.912. The van der Waals surface area contributed by atoms with Gasteiger partial charge in [-0.3, -0.25) is 9.59 Å². The quantitative estimate of drug-likeness (QED) is 0.782. The Morgan fingerprint density at radius 1 is 1.45 bits per heavy atom. The highest BCUT2D eigenvalue weighted by Crippen LogP contribution is 2.32. The second-order valence-electron chi connectivity index (χ2n) is 4.86. The van der Waals surface area contributed by atoms with Crippen LogP contribution in [0.1, 0.15) is 11.1 Å². The van der Waals surface area contributed by atoms with Crippen molar-refractivity contribution in [2.75, 3.05) is 25.6 Å². The van der Waals surface area contributed by atoms with E-state index >= 15 is 0 Å². The molecule has 0 atom stereocenters. The standard InChI is InChI=1S/C14H14ClNO5S/c15-11-3-9-6-19-8-21-13(9)10(4-11)7-20-12(17)5-16-1-2-22-14(16)18/h3-4H,1-2,5-8H2. The summed E-state index contributed by atoms with van der Waals surface area (Å²) in [4.78, 5) is 24.8. The van der Waals surface area contributed by atoms with Crippen molar-refractivity contribution in [2.24, 2.45) is 0 Å². The van der Waals surface area contributed by atoms with Crippen LogP contribution in [-0.2, 0) is 27.5 Å². The molecule has 0 spiro atoms. The number of hydrogen-bond acceptors (Lipinski definition) is 6. The number of thioether (sulfide) groups is 1. The lowest BCUT2D eigenvalue weighted by molar-refractivity contribution is -0.145. The van der Waals surface area contributed by atoms with E-state index in [2.05, 4.69) is 0 Å². The van der Waals surface area contributed by atoms with Gasteiger partial charge in [0.05, 0.1) is 6.61 Å². The SMILES string of the molecule is O=C(CN1CCSC1=O)OCc1cc(Cl)cc2c1OCOC2. The lowest BCUT2D eigenvalue weighted by Gasteiger charge is -2.21. The fraction of sp³-hybridized carbons (Fsp3) is 0.429. The highest BCUT2D eigenvalue weighted by atomic mass is 35.5. The number of rotatable bonds is 4. The molecule has 0 unspecified atom stereocenters. The van der Waals surface area contributed by atoms with Gasteiger partial charge >= 0.3 is 5.97 Å². The third-order valence-electron chi connectivity index (χ3n) is 3.31. The van der Waals surface area contributed by atoms with Crippen molar-refractivity contribution in [3.8, 4) is 5.75 Å². The highest BCUT2D eigenvalue weighted by Gasteiger charge is 2.24. The Morgan fingerprint density at radius 2 is 2.32 bits per heavy atom. The van der Waals surface area contributed by atoms with Crippen LogP contribution >= 0.6 is 23.4 Å². The second-order valence-corrected chi connectivity index (χ2v) is 6.34. The Hall–Kier alpha value is -1.44. The number of carbonyl (C=O) groups excluding carboxylic acids is 2. The monoisotopic (exact) mass is 343 g/mol. The zero-order valence-electron chi connectivity index (χ0n) is 11.7. The van der Waals surface area contributed by atoms with Crippen LogP contribution < -0.4 is 4.74 Å². The van der Waals surface area contributed by atoms with Gasteiger partial charge < -0.3 is 19.1 Å². The molecule has 1 fully saturated rings. The zero-order chi connectivity index (χ0) is 15.5. The van der Waals surface area contributed by atoms with E-state index in [4.69, 9.17) is 25.8 Å². The van der Waals surface area contributed by atoms with Gasteiger partial charge in [-0.25, -0.2) is 0 Å².